The van der Waals surface area contributed by atoms with Crippen LogP contribution in [-0.4, -0.2) is 20.3 Å². The summed E-state index contributed by atoms with van der Waals surface area (Å²) in [7, 11) is 1.68. The van der Waals surface area contributed by atoms with Crippen LogP contribution in [-0.2, 0) is 17.9 Å². The lowest BCUT2D eigenvalue weighted by Crippen LogP contribution is -2.19. The summed E-state index contributed by atoms with van der Waals surface area (Å²) in [5.74, 6) is 0.789. The van der Waals surface area contributed by atoms with Crippen LogP contribution in [0.3, 0.4) is 0 Å². The van der Waals surface area contributed by atoms with Crippen LogP contribution in [0, 0.1) is 0 Å². The number of hydrogen-bond donors (Lipinski definition) is 1. The summed E-state index contributed by atoms with van der Waals surface area (Å²) in [6, 6.07) is 9.51. The van der Waals surface area contributed by atoms with Crippen molar-refractivity contribution in [2.45, 2.75) is 13.2 Å². The molecule has 1 aromatic carbocycles. The van der Waals surface area contributed by atoms with Gasteiger partial charge < -0.3 is 14.8 Å². The molecular weight excluding hydrogens is 329 g/mol. The molecule has 21 heavy (non-hydrogen) atoms. The Morgan fingerprint density at radius 3 is 2.76 bits per heavy atom. The Bertz CT molecular complexity index is 575. The van der Waals surface area contributed by atoms with Crippen LogP contribution >= 0.6 is 34.5 Å². The Balaban J connectivity index is 1.99. The first-order chi connectivity index (χ1) is 10.2. The summed E-state index contributed by atoms with van der Waals surface area (Å²) < 4.78 is 11.6. The second-order valence-electron chi connectivity index (χ2n) is 4.38. The van der Waals surface area contributed by atoms with Gasteiger partial charge in [0.1, 0.15) is 12.4 Å². The number of rotatable bonds is 8. The summed E-state index contributed by atoms with van der Waals surface area (Å²) in [5, 5.41) is 3.97. The minimum absolute atomic E-state index is 0.489. The summed E-state index contributed by atoms with van der Waals surface area (Å²) in [4.78, 5) is 1.08. The van der Waals surface area contributed by atoms with Crippen molar-refractivity contribution in [3.05, 3.63) is 50.1 Å². The van der Waals surface area contributed by atoms with E-state index < -0.39 is 0 Å². The first-order valence-corrected chi connectivity index (χ1v) is 8.12. The molecule has 0 radical (unpaired) electrons. The van der Waals surface area contributed by atoms with E-state index in [2.05, 4.69) is 5.32 Å². The van der Waals surface area contributed by atoms with Crippen LogP contribution in [0.5, 0.6) is 5.75 Å². The van der Waals surface area contributed by atoms with Crippen molar-refractivity contribution in [2.24, 2.45) is 0 Å². The molecule has 0 saturated carbocycles. The van der Waals surface area contributed by atoms with E-state index in [0.29, 0.717) is 24.8 Å². The van der Waals surface area contributed by atoms with Crippen molar-refractivity contribution in [2.75, 3.05) is 20.3 Å². The molecule has 2 rings (SSSR count). The van der Waals surface area contributed by atoms with Crippen LogP contribution in [0.25, 0.3) is 0 Å². The van der Waals surface area contributed by atoms with Crippen molar-refractivity contribution < 1.29 is 9.47 Å². The number of methoxy groups -OCH3 is 1. The van der Waals surface area contributed by atoms with Crippen molar-refractivity contribution >= 4 is 34.5 Å². The third kappa shape index (κ3) is 5.16. The first-order valence-electron chi connectivity index (χ1n) is 6.54. The molecule has 0 aliphatic rings. The lowest BCUT2D eigenvalue weighted by molar-refractivity contribution is 0.199. The van der Waals surface area contributed by atoms with Gasteiger partial charge in [-0.25, -0.2) is 0 Å². The van der Waals surface area contributed by atoms with Crippen molar-refractivity contribution in [1.82, 2.24) is 5.32 Å². The highest BCUT2D eigenvalue weighted by Crippen LogP contribution is 2.28. The number of benzene rings is 1. The molecule has 1 aromatic heterocycles. The maximum Gasteiger partial charge on any atom is 0.125 e. The van der Waals surface area contributed by atoms with Crippen LogP contribution in [0.1, 0.15) is 10.4 Å². The van der Waals surface area contributed by atoms with E-state index in [1.807, 2.05) is 30.3 Å². The predicted octanol–water partition coefficient (Wildman–Crippen LogP) is 4.37. The molecule has 0 bridgehead atoms. The molecule has 114 valence electrons. The third-order valence-electron chi connectivity index (χ3n) is 2.86. The van der Waals surface area contributed by atoms with E-state index in [4.69, 9.17) is 32.7 Å². The second kappa shape index (κ2) is 8.61. The SMILES string of the molecule is COCCNCc1c(Cl)cccc1OCc1ccc(Cl)s1. The van der Waals surface area contributed by atoms with Gasteiger partial charge in [0.2, 0.25) is 0 Å². The number of nitrogens with one attached hydrogen (secondary N) is 1. The van der Waals surface area contributed by atoms with Crippen LogP contribution in [0.2, 0.25) is 9.36 Å². The maximum atomic E-state index is 6.26. The standard InChI is InChI=1S/C15H17Cl2NO2S/c1-19-8-7-18-9-12-13(16)3-2-4-14(12)20-10-11-5-6-15(17)21-11/h2-6,18H,7-10H2,1H3. The number of thiophene rings is 1. The lowest BCUT2D eigenvalue weighted by atomic mass is 10.2. The smallest absolute Gasteiger partial charge is 0.125 e. The van der Waals surface area contributed by atoms with E-state index in [0.717, 1.165) is 27.1 Å². The number of ether oxygens (including phenoxy) is 2. The quantitative estimate of drug-likeness (QED) is 0.720. The molecule has 0 aliphatic carbocycles. The maximum absolute atomic E-state index is 6.26. The number of hydrogen-bond acceptors (Lipinski definition) is 4. The molecule has 1 N–H and O–H groups in total. The van der Waals surface area contributed by atoms with Gasteiger partial charge in [-0.3, -0.25) is 0 Å². The summed E-state index contributed by atoms with van der Waals surface area (Å²) in [6.07, 6.45) is 0. The van der Waals surface area contributed by atoms with E-state index >= 15 is 0 Å². The average Bonchev–Trinajstić information content (AvgIpc) is 2.89. The molecule has 0 spiro atoms. The first kappa shape index (κ1) is 16.6. The Kier molecular flexibility index (Phi) is 6.80. The zero-order valence-electron chi connectivity index (χ0n) is 11.7. The van der Waals surface area contributed by atoms with Crippen LogP contribution in [0.15, 0.2) is 30.3 Å². The Hall–Kier alpha value is -0.780. The van der Waals surface area contributed by atoms with Gasteiger partial charge in [-0.05, 0) is 24.3 Å². The Labute approximate surface area is 138 Å². The molecule has 0 aliphatic heterocycles. The molecule has 0 atom stereocenters. The molecule has 0 amide bonds. The fourth-order valence-electron chi connectivity index (χ4n) is 1.81. The minimum Gasteiger partial charge on any atom is -0.488 e. The van der Waals surface area contributed by atoms with E-state index in [1.54, 1.807) is 7.11 Å². The predicted molar refractivity (Wildman–Crippen MR) is 88.7 cm³/mol. The summed E-state index contributed by atoms with van der Waals surface area (Å²) in [5.41, 5.74) is 0.956. The third-order valence-corrected chi connectivity index (χ3v) is 4.42. The minimum atomic E-state index is 0.489. The highest BCUT2D eigenvalue weighted by molar-refractivity contribution is 7.16. The molecule has 6 heteroatoms. The van der Waals surface area contributed by atoms with E-state index in [-0.39, 0.29) is 0 Å². The fourth-order valence-corrected chi connectivity index (χ4v) is 3.04. The largest absolute Gasteiger partial charge is 0.488 e. The molecule has 0 fully saturated rings. The monoisotopic (exact) mass is 345 g/mol. The van der Waals surface area contributed by atoms with Crippen LogP contribution in [0.4, 0.5) is 0 Å². The Morgan fingerprint density at radius 1 is 1.19 bits per heavy atom. The van der Waals surface area contributed by atoms with Gasteiger partial charge in [0, 0.05) is 35.7 Å². The van der Waals surface area contributed by atoms with Crippen LogP contribution < -0.4 is 10.1 Å². The normalized spacial score (nSPS) is 10.8. The van der Waals surface area contributed by atoms with Gasteiger partial charge >= 0.3 is 0 Å². The van der Waals surface area contributed by atoms with Gasteiger partial charge in [0.05, 0.1) is 10.9 Å². The molecule has 0 saturated heterocycles. The number of halogens is 2. The molecule has 1 heterocycles. The molecule has 2 aromatic rings. The average molecular weight is 346 g/mol. The van der Waals surface area contributed by atoms with Gasteiger partial charge in [-0.15, -0.1) is 11.3 Å². The molecule has 0 unspecified atom stereocenters. The fraction of sp³-hybridized carbons (Fsp3) is 0.333. The van der Waals surface area contributed by atoms with Gasteiger partial charge in [-0.2, -0.15) is 0 Å². The lowest BCUT2D eigenvalue weighted by Gasteiger charge is -2.13. The highest BCUT2D eigenvalue weighted by Gasteiger charge is 2.09. The van der Waals surface area contributed by atoms with E-state index in [9.17, 15) is 0 Å². The van der Waals surface area contributed by atoms with Crippen molar-refractivity contribution in [3.8, 4) is 5.75 Å². The molecule has 3 nitrogen and oxygen atoms in total. The van der Waals surface area contributed by atoms with Crippen molar-refractivity contribution in [3.63, 3.8) is 0 Å². The zero-order valence-corrected chi connectivity index (χ0v) is 14.0. The summed E-state index contributed by atoms with van der Waals surface area (Å²) in [6.45, 7) is 2.56. The topological polar surface area (TPSA) is 30.5 Å². The molecular formula is C15H17Cl2NO2S. The second-order valence-corrected chi connectivity index (χ2v) is 6.59. The van der Waals surface area contributed by atoms with Gasteiger partial charge in [-0.1, -0.05) is 29.3 Å². The van der Waals surface area contributed by atoms with E-state index in [1.165, 1.54) is 11.3 Å². The van der Waals surface area contributed by atoms with Gasteiger partial charge in [0.15, 0.2) is 0 Å². The van der Waals surface area contributed by atoms with Crippen molar-refractivity contribution in [1.29, 1.82) is 0 Å². The Morgan fingerprint density at radius 2 is 2.05 bits per heavy atom. The van der Waals surface area contributed by atoms with Gasteiger partial charge in [0.25, 0.3) is 0 Å². The summed E-state index contributed by atoms with van der Waals surface area (Å²) >= 11 is 13.7. The highest BCUT2D eigenvalue weighted by atomic mass is 35.5. The zero-order chi connectivity index (χ0) is 15.1.